The molecule has 0 spiro atoms. The Hall–Kier alpha value is -1.17. The average molecular weight is 244 g/mol. The lowest BCUT2D eigenvalue weighted by atomic mass is 10.2. The average Bonchev–Trinajstić information content (AvgIpc) is 2.23. The van der Waals surface area contributed by atoms with Gasteiger partial charge >= 0.3 is 5.69 Å². The number of rotatable bonds is 4. The third kappa shape index (κ3) is 2.49. The summed E-state index contributed by atoms with van der Waals surface area (Å²) in [6.07, 6.45) is 2.74. The zero-order valence-corrected chi connectivity index (χ0v) is 10.4. The predicted octanol–water partition coefficient (Wildman–Crippen LogP) is 0.865. The fraction of sp³-hybridized carbons (Fsp3) is 0.600. The molecule has 5 nitrogen and oxygen atoms in total. The van der Waals surface area contributed by atoms with Crippen LogP contribution in [0.1, 0.15) is 24.9 Å². The molecule has 6 heteroatoms. The number of aromatic nitrogens is 2. The molecule has 0 aromatic carbocycles. The normalized spacial score (nSPS) is 12.7. The number of hydrogen-bond acceptors (Lipinski definition) is 4. The van der Waals surface area contributed by atoms with E-state index in [9.17, 15) is 14.7 Å². The van der Waals surface area contributed by atoms with Crippen LogP contribution in [0.3, 0.4) is 0 Å². The maximum atomic E-state index is 11.6. The second-order valence-corrected chi connectivity index (χ2v) is 4.69. The van der Waals surface area contributed by atoms with Gasteiger partial charge in [-0.2, -0.15) is 11.8 Å². The fourth-order valence-corrected chi connectivity index (χ4v) is 2.03. The molecular weight excluding hydrogens is 228 g/mol. The Morgan fingerprint density at radius 1 is 1.50 bits per heavy atom. The lowest BCUT2D eigenvalue weighted by molar-refractivity contribution is 0.364. The van der Waals surface area contributed by atoms with Crippen LogP contribution >= 0.6 is 11.8 Å². The third-order valence-corrected chi connectivity index (χ3v) is 3.17. The highest BCUT2D eigenvalue weighted by atomic mass is 32.2. The van der Waals surface area contributed by atoms with Crippen LogP contribution < -0.4 is 11.2 Å². The van der Waals surface area contributed by atoms with Gasteiger partial charge in [0.05, 0.1) is 5.56 Å². The lowest BCUT2D eigenvalue weighted by Crippen LogP contribution is -2.33. The molecule has 1 heterocycles. The number of aromatic hydroxyl groups is 1. The van der Waals surface area contributed by atoms with Crippen molar-refractivity contribution in [3.05, 3.63) is 26.4 Å². The number of aromatic amines is 1. The summed E-state index contributed by atoms with van der Waals surface area (Å²) in [5.41, 5.74) is -0.909. The summed E-state index contributed by atoms with van der Waals surface area (Å²) in [6.45, 7) is 3.33. The van der Waals surface area contributed by atoms with Crippen molar-refractivity contribution < 1.29 is 5.11 Å². The molecule has 90 valence electrons. The zero-order valence-electron chi connectivity index (χ0n) is 9.61. The van der Waals surface area contributed by atoms with Crippen molar-refractivity contribution in [1.29, 1.82) is 0 Å². The summed E-state index contributed by atoms with van der Waals surface area (Å²) in [4.78, 5) is 25.0. The van der Waals surface area contributed by atoms with Gasteiger partial charge in [-0.05, 0) is 32.3 Å². The molecular formula is C10H16N2O3S. The summed E-state index contributed by atoms with van der Waals surface area (Å²) in [6, 6.07) is -0.129. The smallest absolute Gasteiger partial charge is 0.331 e. The first kappa shape index (κ1) is 12.9. The molecule has 1 rings (SSSR count). The zero-order chi connectivity index (χ0) is 12.3. The maximum absolute atomic E-state index is 11.6. The highest BCUT2D eigenvalue weighted by Gasteiger charge is 2.15. The van der Waals surface area contributed by atoms with E-state index in [-0.39, 0.29) is 17.5 Å². The van der Waals surface area contributed by atoms with Crippen molar-refractivity contribution in [2.75, 3.05) is 12.0 Å². The standard InChI is InChI=1S/C10H16N2O3S/c1-6(4-5-16-3)12-9(14)7(2)8(13)11-10(12)15/h6,14H,4-5H2,1-3H3,(H,11,13,15). The minimum Gasteiger partial charge on any atom is -0.494 e. The Morgan fingerprint density at radius 2 is 2.12 bits per heavy atom. The molecule has 1 atom stereocenters. The molecule has 16 heavy (non-hydrogen) atoms. The van der Waals surface area contributed by atoms with Crippen molar-refractivity contribution in [1.82, 2.24) is 9.55 Å². The van der Waals surface area contributed by atoms with Crippen LogP contribution in [0.4, 0.5) is 0 Å². The van der Waals surface area contributed by atoms with E-state index in [4.69, 9.17) is 0 Å². The maximum Gasteiger partial charge on any atom is 0.331 e. The summed E-state index contributed by atoms with van der Waals surface area (Å²) in [7, 11) is 0. The number of hydrogen-bond donors (Lipinski definition) is 2. The fourth-order valence-electron chi connectivity index (χ4n) is 1.46. The first-order chi connectivity index (χ1) is 7.49. The van der Waals surface area contributed by atoms with Crippen LogP contribution in [0.15, 0.2) is 9.59 Å². The molecule has 0 aliphatic carbocycles. The van der Waals surface area contributed by atoms with Gasteiger partial charge in [-0.15, -0.1) is 0 Å². The summed E-state index contributed by atoms with van der Waals surface area (Å²) >= 11 is 1.67. The SMILES string of the molecule is CSCCC(C)n1c(O)c(C)c(=O)[nH]c1=O. The Morgan fingerprint density at radius 3 is 2.69 bits per heavy atom. The molecule has 0 saturated carbocycles. The molecule has 1 unspecified atom stereocenters. The highest BCUT2D eigenvalue weighted by molar-refractivity contribution is 7.98. The van der Waals surface area contributed by atoms with Crippen LogP contribution in [-0.2, 0) is 0 Å². The van der Waals surface area contributed by atoms with E-state index in [0.29, 0.717) is 0 Å². The van der Waals surface area contributed by atoms with Crippen LogP contribution in [0.2, 0.25) is 0 Å². The lowest BCUT2D eigenvalue weighted by Gasteiger charge is -2.16. The first-order valence-corrected chi connectivity index (χ1v) is 6.41. The summed E-state index contributed by atoms with van der Waals surface area (Å²) < 4.78 is 1.23. The van der Waals surface area contributed by atoms with Gasteiger partial charge in [0.25, 0.3) is 5.56 Å². The molecule has 0 amide bonds. The van der Waals surface area contributed by atoms with Gasteiger partial charge in [0.1, 0.15) is 0 Å². The second-order valence-electron chi connectivity index (χ2n) is 3.71. The molecule has 0 saturated heterocycles. The summed E-state index contributed by atoms with van der Waals surface area (Å²) in [5, 5.41) is 9.77. The molecule has 1 aromatic heterocycles. The van der Waals surface area contributed by atoms with Crippen LogP contribution in [0, 0.1) is 6.92 Å². The van der Waals surface area contributed by atoms with Crippen LogP contribution in [0.5, 0.6) is 5.88 Å². The van der Waals surface area contributed by atoms with Gasteiger partial charge in [-0.1, -0.05) is 0 Å². The molecule has 0 aliphatic rings. The van der Waals surface area contributed by atoms with Crippen molar-refractivity contribution in [2.45, 2.75) is 26.3 Å². The quantitative estimate of drug-likeness (QED) is 0.824. The van der Waals surface area contributed by atoms with Crippen LogP contribution in [0.25, 0.3) is 0 Å². The Labute approximate surface area is 97.5 Å². The molecule has 0 fully saturated rings. The Balaban J connectivity index is 3.18. The second kappa shape index (κ2) is 5.25. The molecule has 2 N–H and O–H groups in total. The minimum atomic E-state index is -0.554. The topological polar surface area (TPSA) is 75.1 Å². The van der Waals surface area contributed by atoms with Gasteiger partial charge in [0.15, 0.2) is 0 Å². The number of nitrogens with one attached hydrogen (secondary N) is 1. The van der Waals surface area contributed by atoms with Gasteiger partial charge in [-0.25, -0.2) is 4.79 Å². The van der Waals surface area contributed by atoms with E-state index in [1.807, 2.05) is 13.2 Å². The van der Waals surface area contributed by atoms with Crippen LogP contribution in [-0.4, -0.2) is 26.7 Å². The Kier molecular flexibility index (Phi) is 4.23. The largest absolute Gasteiger partial charge is 0.494 e. The van der Waals surface area contributed by atoms with Crippen molar-refractivity contribution in [2.24, 2.45) is 0 Å². The number of H-pyrrole nitrogens is 1. The van der Waals surface area contributed by atoms with E-state index in [2.05, 4.69) is 4.98 Å². The molecule has 1 aromatic rings. The molecule has 0 radical (unpaired) electrons. The number of thioether (sulfide) groups is 1. The van der Waals surface area contributed by atoms with Crippen molar-refractivity contribution in [3.63, 3.8) is 0 Å². The van der Waals surface area contributed by atoms with Gasteiger partial charge in [0, 0.05) is 6.04 Å². The number of nitrogens with zero attached hydrogens (tertiary/aromatic N) is 1. The minimum absolute atomic E-state index is 0.129. The van der Waals surface area contributed by atoms with Gasteiger partial charge < -0.3 is 5.11 Å². The van der Waals surface area contributed by atoms with E-state index in [1.54, 1.807) is 11.8 Å². The van der Waals surface area contributed by atoms with Gasteiger partial charge in [0.2, 0.25) is 5.88 Å². The van der Waals surface area contributed by atoms with E-state index >= 15 is 0 Å². The molecule has 0 aliphatic heterocycles. The predicted molar refractivity (Wildman–Crippen MR) is 65.4 cm³/mol. The van der Waals surface area contributed by atoms with E-state index < -0.39 is 11.2 Å². The van der Waals surface area contributed by atoms with E-state index in [0.717, 1.165) is 12.2 Å². The summed E-state index contributed by atoms with van der Waals surface area (Å²) in [5.74, 6) is 0.660. The van der Waals surface area contributed by atoms with Gasteiger partial charge in [-0.3, -0.25) is 14.3 Å². The van der Waals surface area contributed by atoms with E-state index in [1.165, 1.54) is 11.5 Å². The monoisotopic (exact) mass is 244 g/mol. The Bertz CT molecular complexity index is 478. The van der Waals surface area contributed by atoms with Crippen molar-refractivity contribution >= 4 is 11.8 Å². The van der Waals surface area contributed by atoms with Crippen molar-refractivity contribution in [3.8, 4) is 5.88 Å². The third-order valence-electron chi connectivity index (χ3n) is 2.52. The molecule has 0 bridgehead atoms. The highest BCUT2D eigenvalue weighted by Crippen LogP contribution is 2.18. The first-order valence-electron chi connectivity index (χ1n) is 5.02.